The largest absolute Gasteiger partial charge is 0.382 e. The number of rotatable bonds is 3. The molecule has 1 aliphatic heterocycles. The maximum atomic E-state index is 14.3. The lowest BCUT2D eigenvalue weighted by Crippen LogP contribution is -2.46. The highest BCUT2D eigenvalue weighted by atomic mass is 19.1. The fourth-order valence-corrected chi connectivity index (χ4v) is 3.03. The molecule has 6 nitrogen and oxygen atoms in total. The average molecular weight is 329 g/mol. The number of anilines is 1. The first kappa shape index (κ1) is 16.4. The predicted molar refractivity (Wildman–Crippen MR) is 86.9 cm³/mol. The molecule has 0 bridgehead atoms. The summed E-state index contributed by atoms with van der Waals surface area (Å²) in [5, 5.41) is 28.0. The predicted octanol–water partition coefficient (Wildman–Crippen LogP) is 2.36. The van der Waals surface area contributed by atoms with Gasteiger partial charge in [-0.15, -0.1) is 5.10 Å². The number of aromatic nitrogens is 3. The lowest BCUT2D eigenvalue weighted by molar-refractivity contribution is 0.0175. The van der Waals surface area contributed by atoms with Gasteiger partial charge < -0.3 is 10.0 Å². The molecule has 0 saturated carbocycles. The molecule has 1 aromatic heterocycles. The molecule has 24 heavy (non-hydrogen) atoms. The first-order valence-corrected chi connectivity index (χ1v) is 8.02. The van der Waals surface area contributed by atoms with Gasteiger partial charge in [0.15, 0.2) is 0 Å². The van der Waals surface area contributed by atoms with Gasteiger partial charge in [0, 0.05) is 12.6 Å². The van der Waals surface area contributed by atoms with Crippen LogP contribution in [0.5, 0.6) is 0 Å². The Morgan fingerprint density at radius 3 is 2.83 bits per heavy atom. The molecule has 1 atom stereocenters. The Kier molecular flexibility index (Phi) is 4.24. The zero-order chi connectivity index (χ0) is 17.3. The van der Waals surface area contributed by atoms with Gasteiger partial charge in [-0.25, -0.2) is 9.07 Å². The smallest absolute Gasteiger partial charge is 0.147 e. The molecular formula is C17H20FN5O. The molecule has 7 heteroatoms. The van der Waals surface area contributed by atoms with Crippen molar-refractivity contribution in [2.24, 2.45) is 0 Å². The molecule has 1 aromatic carbocycles. The highest BCUT2D eigenvalue weighted by Gasteiger charge is 2.38. The van der Waals surface area contributed by atoms with Crippen LogP contribution in [0, 0.1) is 17.1 Å². The van der Waals surface area contributed by atoms with Crippen LogP contribution in [0.3, 0.4) is 0 Å². The van der Waals surface area contributed by atoms with Crippen molar-refractivity contribution in [3.05, 3.63) is 41.5 Å². The van der Waals surface area contributed by atoms with Gasteiger partial charge in [0.2, 0.25) is 0 Å². The summed E-state index contributed by atoms with van der Waals surface area (Å²) in [5.41, 5.74) is 0.0212. The van der Waals surface area contributed by atoms with Crippen LogP contribution in [0.15, 0.2) is 24.4 Å². The monoisotopic (exact) mass is 329 g/mol. The zero-order valence-electron chi connectivity index (χ0n) is 13.8. The number of β-amino-alcohol motifs (C(OH)–C–C–N with tert-alkyl or cyclic N) is 1. The number of piperidine rings is 1. The van der Waals surface area contributed by atoms with Crippen molar-refractivity contribution < 1.29 is 9.50 Å². The van der Waals surface area contributed by atoms with Gasteiger partial charge in [0.05, 0.1) is 30.1 Å². The van der Waals surface area contributed by atoms with E-state index in [0.29, 0.717) is 30.8 Å². The van der Waals surface area contributed by atoms with Gasteiger partial charge in [-0.2, -0.15) is 5.26 Å². The third kappa shape index (κ3) is 2.97. The third-order valence-corrected chi connectivity index (χ3v) is 4.40. The van der Waals surface area contributed by atoms with Crippen LogP contribution in [0.25, 0.3) is 0 Å². The topological polar surface area (TPSA) is 78.0 Å². The fourth-order valence-electron chi connectivity index (χ4n) is 3.03. The first-order chi connectivity index (χ1) is 11.4. The van der Waals surface area contributed by atoms with Crippen molar-refractivity contribution in [3.8, 4) is 6.07 Å². The second kappa shape index (κ2) is 6.21. The molecule has 126 valence electrons. The summed E-state index contributed by atoms with van der Waals surface area (Å²) in [6.45, 7) is 4.86. The molecule has 0 unspecified atom stereocenters. The van der Waals surface area contributed by atoms with Crippen LogP contribution < -0.4 is 4.90 Å². The molecule has 0 aliphatic carbocycles. The van der Waals surface area contributed by atoms with Crippen molar-refractivity contribution in [1.82, 2.24) is 15.0 Å². The van der Waals surface area contributed by atoms with Crippen LogP contribution in [-0.2, 0) is 5.60 Å². The maximum absolute atomic E-state index is 14.3. The number of hydrogen-bond donors (Lipinski definition) is 1. The summed E-state index contributed by atoms with van der Waals surface area (Å²) < 4.78 is 16.0. The van der Waals surface area contributed by atoms with Crippen LogP contribution in [0.1, 0.15) is 44.0 Å². The van der Waals surface area contributed by atoms with Crippen LogP contribution in [-0.4, -0.2) is 33.2 Å². The van der Waals surface area contributed by atoms with Crippen molar-refractivity contribution in [2.45, 2.75) is 38.3 Å². The van der Waals surface area contributed by atoms with Crippen LogP contribution in [0.2, 0.25) is 0 Å². The average Bonchev–Trinajstić information content (AvgIpc) is 3.06. The molecule has 1 aliphatic rings. The standard InChI is InChI=1S/C17H20FN5O/c1-12(2)23-10-16(20-21-23)17(24)6-3-7-22(11-17)15-5-4-13(9-19)8-14(15)18/h4-5,8,10,12,24H,3,6-7,11H2,1-2H3/t17-/m1/s1. The van der Waals surface area contributed by atoms with Gasteiger partial charge in [-0.3, -0.25) is 0 Å². The lowest BCUT2D eigenvalue weighted by atomic mass is 9.89. The fraction of sp³-hybridized carbons (Fsp3) is 0.471. The van der Waals surface area contributed by atoms with Crippen molar-refractivity contribution in [3.63, 3.8) is 0 Å². The van der Waals surface area contributed by atoms with E-state index in [9.17, 15) is 9.50 Å². The molecule has 3 rings (SSSR count). The normalized spacial score (nSPS) is 21.1. The molecule has 2 heterocycles. The summed E-state index contributed by atoms with van der Waals surface area (Å²) in [6.07, 6.45) is 3.02. The Hall–Kier alpha value is -2.46. The van der Waals surface area contributed by atoms with Gasteiger partial charge >= 0.3 is 0 Å². The van der Waals surface area contributed by atoms with Crippen molar-refractivity contribution in [2.75, 3.05) is 18.0 Å². The summed E-state index contributed by atoms with van der Waals surface area (Å²) in [7, 11) is 0. The van der Waals surface area contributed by atoms with E-state index in [1.165, 1.54) is 6.07 Å². The highest BCUT2D eigenvalue weighted by Crippen LogP contribution is 2.34. The Labute approximate surface area is 140 Å². The van der Waals surface area contributed by atoms with Gasteiger partial charge in [0.1, 0.15) is 17.1 Å². The van der Waals surface area contributed by atoms with E-state index in [-0.39, 0.29) is 18.2 Å². The minimum absolute atomic E-state index is 0.158. The molecular weight excluding hydrogens is 309 g/mol. The van der Waals surface area contributed by atoms with Crippen LogP contribution >= 0.6 is 0 Å². The molecule has 1 N–H and O–H groups in total. The van der Waals surface area contributed by atoms with Crippen molar-refractivity contribution >= 4 is 5.69 Å². The van der Waals surface area contributed by atoms with E-state index in [4.69, 9.17) is 5.26 Å². The van der Waals surface area contributed by atoms with E-state index in [1.807, 2.05) is 19.9 Å². The highest BCUT2D eigenvalue weighted by molar-refractivity contribution is 5.52. The zero-order valence-corrected chi connectivity index (χ0v) is 13.8. The maximum Gasteiger partial charge on any atom is 0.147 e. The third-order valence-electron chi connectivity index (χ3n) is 4.40. The molecule has 0 amide bonds. The molecule has 0 radical (unpaired) electrons. The van der Waals surface area contributed by atoms with Crippen molar-refractivity contribution in [1.29, 1.82) is 5.26 Å². The second-order valence-electron chi connectivity index (χ2n) is 6.51. The summed E-state index contributed by atoms with van der Waals surface area (Å²) >= 11 is 0. The molecule has 0 spiro atoms. The quantitative estimate of drug-likeness (QED) is 0.935. The SMILES string of the molecule is CC(C)n1cc([C@@]2(O)CCCN(c3ccc(C#N)cc3F)C2)nn1. The second-order valence-corrected chi connectivity index (χ2v) is 6.51. The Bertz CT molecular complexity index is 782. The number of hydrogen-bond acceptors (Lipinski definition) is 5. The Balaban J connectivity index is 1.87. The van der Waals surface area contributed by atoms with E-state index < -0.39 is 11.4 Å². The van der Waals surface area contributed by atoms with Gasteiger partial charge in [-0.05, 0) is 44.9 Å². The van der Waals surface area contributed by atoms with E-state index in [1.54, 1.807) is 27.9 Å². The number of nitriles is 1. The van der Waals surface area contributed by atoms with Gasteiger partial charge in [0.25, 0.3) is 0 Å². The van der Waals surface area contributed by atoms with Crippen LogP contribution in [0.4, 0.5) is 10.1 Å². The molecule has 1 saturated heterocycles. The number of benzene rings is 1. The van der Waals surface area contributed by atoms with E-state index >= 15 is 0 Å². The van der Waals surface area contributed by atoms with E-state index in [0.717, 1.165) is 0 Å². The first-order valence-electron chi connectivity index (χ1n) is 8.02. The number of nitrogens with zero attached hydrogens (tertiary/aromatic N) is 5. The molecule has 2 aromatic rings. The van der Waals surface area contributed by atoms with Gasteiger partial charge in [-0.1, -0.05) is 5.21 Å². The molecule has 1 fully saturated rings. The Morgan fingerprint density at radius 2 is 2.21 bits per heavy atom. The number of halogens is 1. The number of aliphatic hydroxyl groups is 1. The lowest BCUT2D eigenvalue weighted by Gasteiger charge is -2.39. The minimum Gasteiger partial charge on any atom is -0.382 e. The minimum atomic E-state index is -1.16. The summed E-state index contributed by atoms with van der Waals surface area (Å²) in [6, 6.07) is 6.47. The summed E-state index contributed by atoms with van der Waals surface area (Å²) in [4.78, 5) is 1.80. The summed E-state index contributed by atoms with van der Waals surface area (Å²) in [5.74, 6) is -0.455. The van der Waals surface area contributed by atoms with E-state index in [2.05, 4.69) is 10.3 Å². The Morgan fingerprint density at radius 1 is 1.42 bits per heavy atom.